The fourth-order valence-corrected chi connectivity index (χ4v) is 3.91. The van der Waals surface area contributed by atoms with Crippen molar-refractivity contribution in [3.63, 3.8) is 0 Å². The van der Waals surface area contributed by atoms with Gasteiger partial charge in [0.05, 0.1) is 6.67 Å². The second kappa shape index (κ2) is 5.58. The summed E-state index contributed by atoms with van der Waals surface area (Å²) in [5.74, 6) is 0.981. The zero-order valence-electron chi connectivity index (χ0n) is 12.7. The van der Waals surface area contributed by atoms with Gasteiger partial charge in [0, 0.05) is 23.9 Å². The molecule has 0 N–H and O–H groups in total. The van der Waals surface area contributed by atoms with E-state index in [0.717, 1.165) is 0 Å². The molecule has 0 spiro atoms. The van der Waals surface area contributed by atoms with Crippen molar-refractivity contribution in [2.24, 2.45) is 17.3 Å². The lowest BCUT2D eigenvalue weighted by atomic mass is 9.63. The predicted octanol–water partition coefficient (Wildman–Crippen LogP) is 3.65. The summed E-state index contributed by atoms with van der Waals surface area (Å²) < 4.78 is 12.9. The van der Waals surface area contributed by atoms with Gasteiger partial charge in [-0.2, -0.15) is 0 Å². The number of hydrogen-bond donors (Lipinski definition) is 0. The molecule has 0 saturated carbocycles. The summed E-state index contributed by atoms with van der Waals surface area (Å²) in [6.45, 7) is 12.4. The lowest BCUT2D eigenvalue weighted by Gasteiger charge is -2.45. The minimum atomic E-state index is -0.345. The number of nitrogens with zero attached hydrogens (tertiary/aromatic N) is 1. The van der Waals surface area contributed by atoms with Gasteiger partial charge in [-0.05, 0) is 32.1 Å². The average molecular weight is 257 g/mol. The van der Waals surface area contributed by atoms with Crippen molar-refractivity contribution in [2.75, 3.05) is 6.67 Å². The van der Waals surface area contributed by atoms with E-state index in [0.29, 0.717) is 24.7 Å². The highest BCUT2D eigenvalue weighted by atomic mass is 19.1. The molecule has 1 heterocycles. The number of halogens is 1. The maximum atomic E-state index is 12.9. The van der Waals surface area contributed by atoms with Gasteiger partial charge in [-0.1, -0.05) is 27.7 Å². The highest BCUT2D eigenvalue weighted by Crippen LogP contribution is 2.51. The molecule has 0 aliphatic carbocycles. The summed E-state index contributed by atoms with van der Waals surface area (Å²) in [5.41, 5.74) is -0.0759. The first-order valence-electron chi connectivity index (χ1n) is 7.16. The third kappa shape index (κ3) is 2.28. The molecular formula is C15H28FNO. The molecule has 1 rings (SSSR count). The molecule has 1 aliphatic heterocycles. The van der Waals surface area contributed by atoms with Gasteiger partial charge in [-0.15, -0.1) is 0 Å². The summed E-state index contributed by atoms with van der Waals surface area (Å²) in [4.78, 5) is 14.3. The van der Waals surface area contributed by atoms with E-state index in [1.807, 2.05) is 18.7 Å². The molecule has 1 aliphatic rings. The molecule has 1 saturated heterocycles. The number of carbonyl (C=O) groups is 1. The van der Waals surface area contributed by atoms with Crippen LogP contribution in [0.4, 0.5) is 4.39 Å². The SMILES string of the molecule is CC(C)N1C(=O)CC(C(C)C)(C(C)C)C1CCF. The van der Waals surface area contributed by atoms with Crippen LogP contribution in [-0.4, -0.2) is 29.6 Å². The largest absolute Gasteiger partial charge is 0.337 e. The van der Waals surface area contributed by atoms with Crippen LogP contribution in [0.2, 0.25) is 0 Å². The third-order valence-corrected chi connectivity index (χ3v) is 4.79. The first kappa shape index (κ1) is 15.5. The Morgan fingerprint density at radius 2 is 1.72 bits per heavy atom. The van der Waals surface area contributed by atoms with Crippen LogP contribution in [0.25, 0.3) is 0 Å². The molecule has 18 heavy (non-hydrogen) atoms. The number of rotatable bonds is 5. The first-order valence-corrected chi connectivity index (χ1v) is 7.16. The lowest BCUT2D eigenvalue weighted by molar-refractivity contribution is -0.130. The summed E-state index contributed by atoms with van der Waals surface area (Å²) in [7, 11) is 0. The summed E-state index contributed by atoms with van der Waals surface area (Å²) in [6.07, 6.45) is 1.05. The zero-order chi connectivity index (χ0) is 14.1. The van der Waals surface area contributed by atoms with Crippen molar-refractivity contribution in [1.29, 1.82) is 0 Å². The van der Waals surface area contributed by atoms with Crippen molar-refractivity contribution in [1.82, 2.24) is 4.90 Å². The van der Waals surface area contributed by atoms with Crippen LogP contribution in [0.1, 0.15) is 54.4 Å². The Morgan fingerprint density at radius 1 is 1.22 bits per heavy atom. The third-order valence-electron chi connectivity index (χ3n) is 4.79. The Kier molecular flexibility index (Phi) is 4.79. The van der Waals surface area contributed by atoms with E-state index in [4.69, 9.17) is 0 Å². The predicted molar refractivity (Wildman–Crippen MR) is 73.1 cm³/mol. The van der Waals surface area contributed by atoms with E-state index in [2.05, 4.69) is 27.7 Å². The Bertz CT molecular complexity index is 291. The van der Waals surface area contributed by atoms with Crippen LogP contribution in [0.15, 0.2) is 0 Å². The smallest absolute Gasteiger partial charge is 0.223 e. The maximum absolute atomic E-state index is 12.9. The van der Waals surface area contributed by atoms with Crippen LogP contribution in [-0.2, 0) is 4.79 Å². The molecule has 1 amide bonds. The van der Waals surface area contributed by atoms with E-state index in [1.54, 1.807) is 0 Å². The van der Waals surface area contributed by atoms with Crippen molar-refractivity contribution in [3.05, 3.63) is 0 Å². The second-order valence-electron chi connectivity index (χ2n) is 6.49. The Labute approximate surface area is 111 Å². The summed E-state index contributed by atoms with van der Waals surface area (Å²) in [6, 6.07) is 0.212. The fourth-order valence-electron chi connectivity index (χ4n) is 3.91. The zero-order valence-corrected chi connectivity index (χ0v) is 12.7. The molecule has 0 aromatic heterocycles. The quantitative estimate of drug-likeness (QED) is 0.736. The second-order valence-corrected chi connectivity index (χ2v) is 6.49. The van der Waals surface area contributed by atoms with Crippen molar-refractivity contribution < 1.29 is 9.18 Å². The highest BCUT2D eigenvalue weighted by molar-refractivity contribution is 5.80. The van der Waals surface area contributed by atoms with E-state index in [-0.39, 0.29) is 30.1 Å². The highest BCUT2D eigenvalue weighted by Gasteiger charge is 2.54. The van der Waals surface area contributed by atoms with Gasteiger partial charge in [0.15, 0.2) is 0 Å². The standard InChI is InChI=1S/C15H28FNO/c1-10(2)15(11(3)4)9-14(18)17(12(5)6)13(15)7-8-16/h10-13H,7-9H2,1-6H3. The van der Waals surface area contributed by atoms with Crippen LogP contribution >= 0.6 is 0 Å². The fraction of sp³-hybridized carbons (Fsp3) is 0.933. The van der Waals surface area contributed by atoms with Crippen LogP contribution in [0.3, 0.4) is 0 Å². The Balaban J connectivity index is 3.21. The molecule has 1 unspecified atom stereocenters. The number of carbonyl (C=O) groups excluding carboxylic acids is 1. The molecule has 1 atom stereocenters. The van der Waals surface area contributed by atoms with E-state index < -0.39 is 0 Å². The van der Waals surface area contributed by atoms with Crippen LogP contribution in [0.5, 0.6) is 0 Å². The van der Waals surface area contributed by atoms with Gasteiger partial charge in [0.25, 0.3) is 0 Å². The minimum absolute atomic E-state index is 0.0509. The van der Waals surface area contributed by atoms with Gasteiger partial charge >= 0.3 is 0 Å². The molecule has 0 aromatic carbocycles. The van der Waals surface area contributed by atoms with Gasteiger partial charge in [0.1, 0.15) is 0 Å². The molecule has 0 bridgehead atoms. The summed E-state index contributed by atoms with van der Waals surface area (Å²) in [5, 5.41) is 0. The van der Waals surface area contributed by atoms with Gasteiger partial charge in [0.2, 0.25) is 5.91 Å². The average Bonchev–Trinajstić information content (AvgIpc) is 2.53. The van der Waals surface area contributed by atoms with Crippen molar-refractivity contribution >= 4 is 5.91 Å². The number of alkyl halides is 1. The first-order chi connectivity index (χ1) is 8.28. The normalized spacial score (nSPS) is 23.8. The molecule has 106 valence electrons. The summed E-state index contributed by atoms with van der Waals surface area (Å²) >= 11 is 0. The monoisotopic (exact) mass is 257 g/mol. The van der Waals surface area contributed by atoms with Gasteiger partial charge < -0.3 is 4.90 Å². The molecule has 1 fully saturated rings. The number of hydrogen-bond acceptors (Lipinski definition) is 1. The Hall–Kier alpha value is -0.600. The van der Waals surface area contributed by atoms with Crippen LogP contribution in [0, 0.1) is 17.3 Å². The molecule has 0 aromatic rings. The molecule has 2 nitrogen and oxygen atoms in total. The van der Waals surface area contributed by atoms with Crippen LogP contribution < -0.4 is 0 Å². The van der Waals surface area contributed by atoms with Gasteiger partial charge in [-0.3, -0.25) is 9.18 Å². The van der Waals surface area contributed by atoms with Crippen molar-refractivity contribution in [2.45, 2.75) is 66.5 Å². The molecule has 3 heteroatoms. The lowest BCUT2D eigenvalue weighted by Crippen LogP contribution is -2.48. The van der Waals surface area contributed by atoms with Crippen molar-refractivity contribution in [3.8, 4) is 0 Å². The van der Waals surface area contributed by atoms with E-state index in [9.17, 15) is 9.18 Å². The topological polar surface area (TPSA) is 20.3 Å². The maximum Gasteiger partial charge on any atom is 0.223 e. The Morgan fingerprint density at radius 3 is 2.06 bits per heavy atom. The minimum Gasteiger partial charge on any atom is -0.337 e. The number of amides is 1. The molecule has 0 radical (unpaired) electrons. The van der Waals surface area contributed by atoms with E-state index in [1.165, 1.54) is 0 Å². The number of likely N-dealkylation sites (tertiary alicyclic amines) is 1. The van der Waals surface area contributed by atoms with Gasteiger partial charge in [-0.25, -0.2) is 0 Å². The van der Waals surface area contributed by atoms with E-state index >= 15 is 0 Å². The molecular weight excluding hydrogens is 229 g/mol.